The van der Waals surface area contributed by atoms with E-state index in [1.165, 1.54) is 6.08 Å². The first-order chi connectivity index (χ1) is 24.7. The number of carbonyl (C=O) groups excluding carboxylic acids is 3. The molecule has 0 unspecified atom stereocenters. The molecule has 0 saturated heterocycles. The van der Waals surface area contributed by atoms with Gasteiger partial charge in [0.2, 0.25) is 0 Å². The van der Waals surface area contributed by atoms with E-state index in [9.17, 15) is 24.3 Å². The van der Waals surface area contributed by atoms with Gasteiger partial charge in [0.1, 0.15) is 6.10 Å². The summed E-state index contributed by atoms with van der Waals surface area (Å²) in [6.45, 7) is 4.06. The number of carbonyl (C=O) groups is 4. The molecule has 0 saturated carbocycles. The minimum absolute atomic E-state index is 0.0153. The summed E-state index contributed by atoms with van der Waals surface area (Å²) in [5.74, 6) is -3.18. The summed E-state index contributed by atoms with van der Waals surface area (Å²) in [4.78, 5) is 58.4. The first-order valence-electron chi connectivity index (χ1n) is 16.8. The number of nitrogens with two attached hydrogens (primary N) is 1. The fourth-order valence-electron chi connectivity index (χ4n) is 6.42. The topological polar surface area (TPSA) is 174 Å². The number of rotatable bonds is 14. The number of carboxylic acid groups (broad SMARTS) is 1. The van der Waals surface area contributed by atoms with Gasteiger partial charge in [-0.3, -0.25) is 14.4 Å². The molecule has 0 aliphatic heterocycles. The van der Waals surface area contributed by atoms with E-state index in [1.807, 2.05) is 67.0 Å². The Morgan fingerprint density at radius 3 is 1.88 bits per heavy atom. The normalized spacial score (nSPS) is 17.1. The van der Waals surface area contributed by atoms with Gasteiger partial charge in [-0.15, -0.1) is 0 Å². The highest BCUT2D eigenvalue weighted by molar-refractivity contribution is 5.88. The number of nitrogens with one attached hydrogen (secondary N) is 2. The minimum Gasteiger partial charge on any atom is -0.478 e. The Bertz CT molecular complexity index is 2130. The maximum absolute atomic E-state index is 13.3. The quantitative estimate of drug-likeness (QED) is 0.0581. The predicted octanol–water partition coefficient (Wildman–Crippen LogP) is 6.44. The lowest BCUT2D eigenvalue weighted by Gasteiger charge is -2.35. The maximum Gasteiger partial charge on any atom is 0.331 e. The van der Waals surface area contributed by atoms with Crippen LogP contribution in [0.2, 0.25) is 0 Å². The van der Waals surface area contributed by atoms with Crippen molar-refractivity contribution in [3.8, 4) is 0 Å². The molecule has 0 fully saturated rings. The van der Waals surface area contributed by atoms with E-state index in [0.29, 0.717) is 29.7 Å². The molecular formula is C40H39N3O8. The Kier molecular flexibility index (Phi) is 10.6. The highest BCUT2D eigenvalue weighted by Gasteiger charge is 2.42. The fraction of sp³-hybridized carbons (Fsp3) is 0.250. The van der Waals surface area contributed by atoms with Gasteiger partial charge in [-0.05, 0) is 65.8 Å². The fourth-order valence-corrected chi connectivity index (χ4v) is 6.42. The number of H-pyrrole nitrogens is 2. The second-order valence-corrected chi connectivity index (χ2v) is 12.5. The molecule has 0 bridgehead atoms. The summed E-state index contributed by atoms with van der Waals surface area (Å²) in [5.41, 5.74) is 11.5. The molecule has 1 aliphatic carbocycles. The van der Waals surface area contributed by atoms with Gasteiger partial charge in [0.05, 0.1) is 0 Å². The minimum atomic E-state index is -1.32. The molecule has 0 radical (unpaired) electrons. The average molecular weight is 690 g/mol. The number of hydrogen-bond donors (Lipinski definition) is 4. The molecule has 2 heterocycles. The van der Waals surface area contributed by atoms with E-state index in [-0.39, 0.29) is 37.7 Å². The summed E-state index contributed by atoms with van der Waals surface area (Å²) >= 11 is 0. The molecule has 262 valence electrons. The van der Waals surface area contributed by atoms with Gasteiger partial charge in [0.25, 0.3) is 0 Å². The van der Waals surface area contributed by atoms with E-state index in [2.05, 4.69) is 16.5 Å². The first kappa shape index (κ1) is 34.8. The van der Waals surface area contributed by atoms with Crippen molar-refractivity contribution in [3.63, 3.8) is 0 Å². The number of aromatic nitrogens is 2. The summed E-state index contributed by atoms with van der Waals surface area (Å²) in [6.07, 6.45) is 1.64. The number of nitrogen functional groups attached to an aromatic ring is 1. The smallest absolute Gasteiger partial charge is 0.331 e. The van der Waals surface area contributed by atoms with E-state index in [1.54, 1.807) is 18.2 Å². The van der Waals surface area contributed by atoms with Crippen LogP contribution in [0.5, 0.6) is 0 Å². The summed E-state index contributed by atoms with van der Waals surface area (Å²) in [7, 11) is 0. The van der Waals surface area contributed by atoms with Gasteiger partial charge in [-0.2, -0.15) is 0 Å². The Labute approximate surface area is 294 Å². The van der Waals surface area contributed by atoms with Crippen LogP contribution in [0, 0.1) is 0 Å². The second kappa shape index (κ2) is 15.6. The number of aromatic amines is 2. The number of anilines is 1. The molecule has 5 N–H and O–H groups in total. The summed E-state index contributed by atoms with van der Waals surface area (Å²) < 4.78 is 17.5. The number of hydrogen-bond acceptors (Lipinski definition) is 8. The zero-order chi connectivity index (χ0) is 35.9. The molecule has 11 nitrogen and oxygen atoms in total. The number of esters is 3. The van der Waals surface area contributed by atoms with Gasteiger partial charge in [0.15, 0.2) is 12.2 Å². The number of ether oxygens (including phenoxy) is 3. The molecule has 5 aromatic rings. The molecule has 2 aromatic heterocycles. The molecule has 6 rings (SSSR count). The lowest BCUT2D eigenvalue weighted by molar-refractivity contribution is -0.183. The first-order valence-corrected chi connectivity index (χ1v) is 16.8. The van der Waals surface area contributed by atoms with Crippen LogP contribution in [0.15, 0.2) is 103 Å². The van der Waals surface area contributed by atoms with Crippen molar-refractivity contribution in [2.45, 2.75) is 63.3 Å². The molecule has 0 spiro atoms. The van der Waals surface area contributed by atoms with Crippen molar-refractivity contribution in [2.24, 2.45) is 0 Å². The maximum atomic E-state index is 13.3. The average Bonchev–Trinajstić information content (AvgIpc) is 3.74. The van der Waals surface area contributed by atoms with Crippen LogP contribution in [0.1, 0.15) is 48.8 Å². The Balaban J connectivity index is 1.17. The second-order valence-electron chi connectivity index (χ2n) is 12.5. The number of allylic oxidation sites excluding steroid dienone is 1. The summed E-state index contributed by atoms with van der Waals surface area (Å²) in [6, 6.07) is 22.6. The van der Waals surface area contributed by atoms with Gasteiger partial charge in [-0.25, -0.2) is 4.79 Å². The number of aliphatic carboxylic acids is 1. The Hall–Kier alpha value is -6.10. The zero-order valence-electron chi connectivity index (χ0n) is 27.9. The molecule has 3 atom stereocenters. The van der Waals surface area contributed by atoms with E-state index in [0.717, 1.165) is 32.9 Å². The number of para-hydroxylation sites is 3. The monoisotopic (exact) mass is 689 g/mol. The van der Waals surface area contributed by atoms with Crippen LogP contribution in [-0.4, -0.2) is 57.3 Å². The van der Waals surface area contributed by atoms with E-state index in [4.69, 9.17) is 19.9 Å². The van der Waals surface area contributed by atoms with Gasteiger partial charge in [-0.1, -0.05) is 61.2 Å². The predicted molar refractivity (Wildman–Crippen MR) is 192 cm³/mol. The molecule has 0 amide bonds. The SMILES string of the molecule is C=C(CCC(=O)O[C@@H]1[C@H](OC(=O)CCc2c[nH]c3ccccc23)C=C(C(=O)O)C[C@H]1OC(=O)CCc1c[nH]c2ccccc12)c1ccccc1N. The Morgan fingerprint density at radius 2 is 1.27 bits per heavy atom. The van der Waals surface area contributed by atoms with Crippen LogP contribution in [0.3, 0.4) is 0 Å². The van der Waals surface area contributed by atoms with Gasteiger partial charge >= 0.3 is 23.9 Å². The summed E-state index contributed by atoms with van der Waals surface area (Å²) in [5, 5.41) is 11.9. The van der Waals surface area contributed by atoms with Gasteiger partial charge in [0, 0.05) is 71.1 Å². The van der Waals surface area contributed by atoms with Crippen molar-refractivity contribution >= 4 is 56.9 Å². The van der Waals surface area contributed by atoms with E-state index < -0.39 is 42.2 Å². The van der Waals surface area contributed by atoms with Crippen molar-refractivity contribution in [1.29, 1.82) is 0 Å². The third-order valence-electron chi connectivity index (χ3n) is 9.09. The third-order valence-corrected chi connectivity index (χ3v) is 9.09. The highest BCUT2D eigenvalue weighted by atomic mass is 16.6. The largest absolute Gasteiger partial charge is 0.478 e. The molecule has 51 heavy (non-hydrogen) atoms. The number of benzene rings is 3. The molecule has 11 heteroatoms. The van der Waals surface area contributed by atoms with Crippen LogP contribution in [0.4, 0.5) is 5.69 Å². The van der Waals surface area contributed by atoms with Crippen molar-refractivity contribution in [3.05, 3.63) is 120 Å². The van der Waals surface area contributed by atoms with Crippen LogP contribution < -0.4 is 5.73 Å². The lowest BCUT2D eigenvalue weighted by Crippen LogP contribution is -2.48. The zero-order valence-corrected chi connectivity index (χ0v) is 27.9. The van der Waals surface area contributed by atoms with Crippen molar-refractivity contribution in [2.75, 3.05) is 5.73 Å². The molecule has 3 aromatic carbocycles. The number of aryl methyl sites for hydroxylation is 2. The van der Waals surface area contributed by atoms with Crippen molar-refractivity contribution in [1.82, 2.24) is 9.97 Å². The molecule has 1 aliphatic rings. The van der Waals surface area contributed by atoms with Gasteiger partial charge < -0.3 is 35.0 Å². The molecular weight excluding hydrogens is 650 g/mol. The third kappa shape index (κ3) is 8.38. The Morgan fingerprint density at radius 1 is 0.725 bits per heavy atom. The van der Waals surface area contributed by atoms with Crippen LogP contribution in [0.25, 0.3) is 27.4 Å². The highest BCUT2D eigenvalue weighted by Crippen LogP contribution is 2.30. The number of fused-ring (bicyclic) bond motifs is 2. The lowest BCUT2D eigenvalue weighted by atomic mass is 9.91. The number of carboxylic acids is 1. The standard InChI is InChI=1S/C40H39N3O8/c1-24(28-8-2-5-11-31(28)41)14-17-38(46)51-39-34(49-36(44)18-15-25-22-42-32-12-6-3-9-29(25)32)20-27(40(47)48)21-35(39)50-37(45)19-16-26-23-43-33-13-7-4-10-30(26)33/h2-13,20,22-23,34-35,39,42-43H,1,14-19,21,41H2,(H,47,48)/t34-,35-,39-/m1/s1. The van der Waals surface area contributed by atoms with E-state index >= 15 is 0 Å². The van der Waals surface area contributed by atoms with Crippen LogP contribution >= 0.6 is 0 Å². The van der Waals surface area contributed by atoms with Crippen molar-refractivity contribution < 1.29 is 38.5 Å². The van der Waals surface area contributed by atoms with Crippen LogP contribution in [-0.2, 0) is 46.2 Å².